The Hall–Kier alpha value is -1.87. The third-order valence-electron chi connectivity index (χ3n) is 2.50. The first-order valence-electron chi connectivity index (χ1n) is 5.23. The largest absolute Gasteiger partial charge is 0.418 e. The van der Waals surface area contributed by atoms with Crippen molar-refractivity contribution in [3.63, 3.8) is 0 Å². The molecule has 3 nitrogen and oxygen atoms in total. The molecule has 3 aromatic rings. The van der Waals surface area contributed by atoms with Gasteiger partial charge in [-0.15, -0.1) is 0 Å². The lowest BCUT2D eigenvalue weighted by Crippen LogP contribution is -1.78. The first kappa shape index (κ1) is 10.3. The van der Waals surface area contributed by atoms with Crippen molar-refractivity contribution in [3.8, 4) is 11.5 Å². The molecule has 0 aliphatic heterocycles. The number of oxazole rings is 1. The Labute approximate surface area is 103 Å². The Morgan fingerprint density at radius 1 is 1.06 bits per heavy atom. The minimum absolute atomic E-state index is 0.503. The normalized spacial score (nSPS) is 10.9. The number of fused-ring (bicyclic) bond motifs is 1. The monoisotopic (exact) mass is 244 g/mol. The van der Waals surface area contributed by atoms with Gasteiger partial charge >= 0.3 is 0 Å². The van der Waals surface area contributed by atoms with Crippen molar-refractivity contribution in [2.45, 2.75) is 6.92 Å². The van der Waals surface area contributed by atoms with Crippen molar-refractivity contribution in [2.75, 3.05) is 0 Å². The summed E-state index contributed by atoms with van der Waals surface area (Å²) in [5, 5.41) is 0.621. The fourth-order valence-corrected chi connectivity index (χ4v) is 1.88. The molecule has 0 bridgehead atoms. The third-order valence-corrected chi connectivity index (χ3v) is 2.83. The highest BCUT2D eigenvalue weighted by Crippen LogP contribution is 2.28. The van der Waals surface area contributed by atoms with Crippen LogP contribution in [-0.4, -0.2) is 9.97 Å². The van der Waals surface area contributed by atoms with Crippen molar-refractivity contribution in [3.05, 3.63) is 47.1 Å². The van der Waals surface area contributed by atoms with Gasteiger partial charge in [0.2, 0.25) is 11.6 Å². The van der Waals surface area contributed by atoms with E-state index in [2.05, 4.69) is 9.97 Å². The smallest absolute Gasteiger partial charge is 0.247 e. The second-order valence-electron chi connectivity index (χ2n) is 3.78. The molecule has 2 aromatic heterocycles. The summed E-state index contributed by atoms with van der Waals surface area (Å²) >= 11 is 6.10. The number of pyridine rings is 1. The maximum atomic E-state index is 6.10. The van der Waals surface area contributed by atoms with Gasteiger partial charge in [0.1, 0.15) is 5.52 Å². The van der Waals surface area contributed by atoms with E-state index in [1.807, 2.05) is 43.3 Å². The summed E-state index contributed by atoms with van der Waals surface area (Å²) < 4.78 is 5.61. The number of hydrogen-bond donors (Lipinski definition) is 0. The molecule has 0 amide bonds. The lowest BCUT2D eigenvalue weighted by Gasteiger charge is -1.96. The number of rotatable bonds is 1. The van der Waals surface area contributed by atoms with E-state index in [0.29, 0.717) is 16.6 Å². The fourth-order valence-electron chi connectivity index (χ4n) is 1.66. The van der Waals surface area contributed by atoms with Crippen LogP contribution in [0.5, 0.6) is 0 Å². The van der Waals surface area contributed by atoms with Gasteiger partial charge in [0.25, 0.3) is 0 Å². The zero-order valence-corrected chi connectivity index (χ0v) is 9.90. The van der Waals surface area contributed by atoms with Gasteiger partial charge in [-0.2, -0.15) is 0 Å². The molecule has 0 atom stereocenters. The molecular weight excluding hydrogens is 236 g/mol. The van der Waals surface area contributed by atoms with Crippen LogP contribution in [0.4, 0.5) is 0 Å². The quantitative estimate of drug-likeness (QED) is 0.653. The van der Waals surface area contributed by atoms with Gasteiger partial charge in [0.15, 0.2) is 0 Å². The van der Waals surface area contributed by atoms with Crippen molar-refractivity contribution in [1.29, 1.82) is 0 Å². The standard InChI is InChI=1S/C13H9ClN2O/c1-8-6-7-11-13(15-8)17-12(16-11)9-4-2-3-5-10(9)14/h2-7H,1H3. The van der Waals surface area contributed by atoms with E-state index in [1.54, 1.807) is 0 Å². The number of aryl methyl sites for hydroxylation is 1. The fraction of sp³-hybridized carbons (Fsp3) is 0.0769. The van der Waals surface area contributed by atoms with E-state index < -0.39 is 0 Å². The summed E-state index contributed by atoms with van der Waals surface area (Å²) in [7, 11) is 0. The first-order valence-corrected chi connectivity index (χ1v) is 5.61. The van der Waals surface area contributed by atoms with Gasteiger partial charge in [0.05, 0.1) is 10.6 Å². The molecule has 1 aromatic carbocycles. The maximum Gasteiger partial charge on any atom is 0.247 e. The molecule has 4 heteroatoms. The molecule has 2 heterocycles. The van der Waals surface area contributed by atoms with E-state index in [9.17, 15) is 0 Å². The lowest BCUT2D eigenvalue weighted by atomic mass is 10.2. The van der Waals surface area contributed by atoms with Gasteiger partial charge in [-0.3, -0.25) is 0 Å². The van der Waals surface area contributed by atoms with Crippen LogP contribution in [0.1, 0.15) is 5.69 Å². The van der Waals surface area contributed by atoms with Crippen LogP contribution in [0.25, 0.3) is 22.7 Å². The molecule has 0 spiro atoms. The topological polar surface area (TPSA) is 38.9 Å². The van der Waals surface area contributed by atoms with Crippen LogP contribution in [0.15, 0.2) is 40.8 Å². The van der Waals surface area contributed by atoms with Crippen LogP contribution in [0.3, 0.4) is 0 Å². The number of benzene rings is 1. The summed E-state index contributed by atoms with van der Waals surface area (Å²) in [6.07, 6.45) is 0. The second-order valence-corrected chi connectivity index (χ2v) is 4.18. The highest BCUT2D eigenvalue weighted by atomic mass is 35.5. The first-order chi connectivity index (χ1) is 8.24. The summed E-state index contributed by atoms with van der Waals surface area (Å²) in [5.74, 6) is 0.503. The Balaban J connectivity index is 2.22. The number of halogens is 1. The molecule has 17 heavy (non-hydrogen) atoms. The van der Waals surface area contributed by atoms with E-state index in [0.717, 1.165) is 16.8 Å². The molecule has 0 unspecified atom stereocenters. The SMILES string of the molecule is Cc1ccc2nc(-c3ccccc3Cl)oc2n1. The van der Waals surface area contributed by atoms with Crippen molar-refractivity contribution in [1.82, 2.24) is 9.97 Å². The van der Waals surface area contributed by atoms with Gasteiger partial charge in [-0.05, 0) is 31.2 Å². The second kappa shape index (κ2) is 3.86. The average molecular weight is 245 g/mol. The predicted molar refractivity (Wildman–Crippen MR) is 67.0 cm³/mol. The molecule has 0 aliphatic rings. The van der Waals surface area contributed by atoms with E-state index in [1.165, 1.54) is 0 Å². The van der Waals surface area contributed by atoms with Crippen LogP contribution < -0.4 is 0 Å². The molecule has 0 saturated heterocycles. The lowest BCUT2D eigenvalue weighted by molar-refractivity contribution is 0.607. The summed E-state index contributed by atoms with van der Waals surface area (Å²) in [6, 6.07) is 11.2. The molecule has 0 saturated carbocycles. The average Bonchev–Trinajstić information content (AvgIpc) is 2.72. The van der Waals surface area contributed by atoms with Crippen molar-refractivity contribution >= 4 is 22.8 Å². The van der Waals surface area contributed by atoms with E-state index in [-0.39, 0.29) is 0 Å². The van der Waals surface area contributed by atoms with Crippen LogP contribution >= 0.6 is 11.6 Å². The number of nitrogens with zero attached hydrogens (tertiary/aromatic N) is 2. The molecule has 0 aliphatic carbocycles. The van der Waals surface area contributed by atoms with Crippen molar-refractivity contribution < 1.29 is 4.42 Å². The molecule has 0 fully saturated rings. The van der Waals surface area contributed by atoms with Crippen LogP contribution in [-0.2, 0) is 0 Å². The number of aromatic nitrogens is 2. The van der Waals surface area contributed by atoms with Crippen LogP contribution in [0.2, 0.25) is 5.02 Å². The highest BCUT2D eigenvalue weighted by molar-refractivity contribution is 6.33. The Bertz CT molecular complexity index is 691. The van der Waals surface area contributed by atoms with E-state index in [4.69, 9.17) is 16.0 Å². The summed E-state index contributed by atoms with van der Waals surface area (Å²) in [4.78, 5) is 8.65. The molecule has 0 radical (unpaired) electrons. The summed E-state index contributed by atoms with van der Waals surface area (Å²) in [5.41, 5.74) is 2.97. The van der Waals surface area contributed by atoms with Crippen molar-refractivity contribution in [2.24, 2.45) is 0 Å². The van der Waals surface area contributed by atoms with Gasteiger partial charge < -0.3 is 4.42 Å². The van der Waals surface area contributed by atoms with Gasteiger partial charge in [0, 0.05) is 5.69 Å². The molecular formula is C13H9ClN2O. The van der Waals surface area contributed by atoms with E-state index >= 15 is 0 Å². The highest BCUT2D eigenvalue weighted by Gasteiger charge is 2.11. The predicted octanol–water partition coefficient (Wildman–Crippen LogP) is 3.85. The number of hydrogen-bond acceptors (Lipinski definition) is 3. The molecule has 84 valence electrons. The minimum atomic E-state index is 0.503. The van der Waals surface area contributed by atoms with Gasteiger partial charge in [-0.1, -0.05) is 23.7 Å². The third kappa shape index (κ3) is 1.78. The molecule has 3 rings (SSSR count). The minimum Gasteiger partial charge on any atom is -0.418 e. The van der Waals surface area contributed by atoms with Crippen LogP contribution in [0, 0.1) is 6.92 Å². The Morgan fingerprint density at radius 2 is 1.88 bits per heavy atom. The molecule has 0 N–H and O–H groups in total. The Kier molecular flexibility index (Phi) is 2.34. The van der Waals surface area contributed by atoms with Gasteiger partial charge in [-0.25, -0.2) is 9.97 Å². The maximum absolute atomic E-state index is 6.10. The zero-order valence-electron chi connectivity index (χ0n) is 9.14. The summed E-state index contributed by atoms with van der Waals surface area (Å²) in [6.45, 7) is 1.91. The Morgan fingerprint density at radius 3 is 2.71 bits per heavy atom. The zero-order chi connectivity index (χ0) is 11.8.